The highest BCUT2D eigenvalue weighted by atomic mass is 79.9. The Balaban J connectivity index is 2.92. The molecule has 0 aliphatic heterocycles. The van der Waals surface area contributed by atoms with E-state index in [4.69, 9.17) is 9.84 Å². The molecule has 0 aliphatic rings. The molecule has 2 atom stereocenters. The highest BCUT2D eigenvalue weighted by Gasteiger charge is 2.48. The van der Waals surface area contributed by atoms with E-state index in [1.165, 1.54) is 0 Å². The molecular weight excluding hydrogens is 420 g/mol. The number of aldehydes is 2. The molecule has 0 radical (unpaired) electrons. The number of alkyl halides is 1. The molecule has 144 valence electrons. The second kappa shape index (κ2) is 12.1. The summed E-state index contributed by atoms with van der Waals surface area (Å²) in [6.45, 7) is 0.0805. The second-order valence-corrected chi connectivity index (χ2v) is 12.3. The van der Waals surface area contributed by atoms with Crippen LogP contribution in [0.4, 0.5) is 0 Å². The van der Waals surface area contributed by atoms with Crippen LogP contribution >= 0.6 is 15.9 Å². The topological polar surface area (TPSA) is 101 Å². The van der Waals surface area contributed by atoms with Crippen LogP contribution in [0.3, 0.4) is 0 Å². The lowest BCUT2D eigenvalue weighted by Crippen LogP contribution is -2.57. The molecule has 0 saturated heterocycles. The van der Waals surface area contributed by atoms with Crippen LogP contribution in [0.5, 0.6) is 0 Å². The zero-order valence-corrected chi connectivity index (χ0v) is 17.1. The fourth-order valence-electron chi connectivity index (χ4n) is 2.77. The van der Waals surface area contributed by atoms with E-state index >= 15 is 0 Å². The van der Waals surface area contributed by atoms with E-state index in [1.807, 2.05) is 0 Å². The standard InChI is InChI=1S/C18H25BrO6Si/c19-18(25-17(24)15-7-3-1-4-8-15)26(13-11-21,14-12-22)16(23)9-5-2-6-10-20/h1,3-4,7-8,11-12,16,18,20,23H,2,5-6,9-10,13-14H2. The van der Waals surface area contributed by atoms with Crippen LogP contribution in [0, 0.1) is 0 Å². The predicted molar refractivity (Wildman–Crippen MR) is 104 cm³/mol. The van der Waals surface area contributed by atoms with Gasteiger partial charge in [-0.25, -0.2) is 4.79 Å². The summed E-state index contributed by atoms with van der Waals surface area (Å²) in [6, 6.07) is 8.41. The number of hydrogen-bond acceptors (Lipinski definition) is 6. The Morgan fingerprint density at radius 2 is 1.73 bits per heavy atom. The van der Waals surface area contributed by atoms with Gasteiger partial charge in [0.05, 0.1) is 11.3 Å². The van der Waals surface area contributed by atoms with Gasteiger partial charge in [-0.15, -0.1) is 0 Å². The third-order valence-corrected chi connectivity index (χ3v) is 11.8. The van der Waals surface area contributed by atoms with Gasteiger partial charge in [0.25, 0.3) is 0 Å². The average Bonchev–Trinajstić information content (AvgIpc) is 2.65. The van der Waals surface area contributed by atoms with Gasteiger partial charge in [-0.05, 0) is 40.9 Å². The number of carbonyl (C=O) groups excluding carboxylic acids is 3. The van der Waals surface area contributed by atoms with Gasteiger partial charge in [0.2, 0.25) is 0 Å². The molecule has 26 heavy (non-hydrogen) atoms. The van der Waals surface area contributed by atoms with E-state index in [0.717, 1.165) is 6.42 Å². The lowest BCUT2D eigenvalue weighted by molar-refractivity contribution is -0.106. The van der Waals surface area contributed by atoms with Gasteiger partial charge >= 0.3 is 5.97 Å². The summed E-state index contributed by atoms with van der Waals surface area (Å²) in [5.41, 5.74) is -0.529. The van der Waals surface area contributed by atoms with Gasteiger partial charge in [0, 0.05) is 18.7 Å². The Morgan fingerprint density at radius 1 is 1.12 bits per heavy atom. The summed E-state index contributed by atoms with van der Waals surface area (Å²) in [4.78, 5) is 34.8. The number of benzene rings is 1. The van der Waals surface area contributed by atoms with Gasteiger partial charge in [0.15, 0.2) is 8.07 Å². The highest BCUT2D eigenvalue weighted by Crippen LogP contribution is 2.31. The molecule has 1 aromatic carbocycles. The lowest BCUT2D eigenvalue weighted by Gasteiger charge is -2.36. The number of carbonyl (C=O) groups is 3. The van der Waals surface area contributed by atoms with Crippen molar-refractivity contribution in [3.63, 3.8) is 0 Å². The van der Waals surface area contributed by atoms with E-state index in [-0.39, 0.29) is 18.7 Å². The smallest absolute Gasteiger partial charge is 0.338 e. The summed E-state index contributed by atoms with van der Waals surface area (Å²) in [7, 11) is -3.03. The predicted octanol–water partition coefficient (Wildman–Crippen LogP) is 2.40. The van der Waals surface area contributed by atoms with Crippen molar-refractivity contribution in [1.29, 1.82) is 0 Å². The minimum absolute atomic E-state index is 0.00485. The van der Waals surface area contributed by atoms with Crippen LogP contribution in [0.1, 0.15) is 36.0 Å². The SMILES string of the molecule is O=CC[Si](CC=O)(C(O)CCCCCO)C(Br)OC(=O)c1ccccc1. The number of esters is 1. The molecule has 0 bridgehead atoms. The first-order valence-electron chi connectivity index (χ1n) is 8.58. The minimum Gasteiger partial charge on any atom is -0.451 e. The number of unbranched alkanes of at least 4 members (excludes halogenated alkanes) is 2. The van der Waals surface area contributed by atoms with Crippen molar-refractivity contribution in [2.24, 2.45) is 0 Å². The fourth-order valence-corrected chi connectivity index (χ4v) is 8.10. The molecule has 2 N–H and O–H groups in total. The first-order chi connectivity index (χ1) is 12.5. The van der Waals surface area contributed by atoms with Crippen LogP contribution in [0.25, 0.3) is 0 Å². The van der Waals surface area contributed by atoms with Crippen LogP contribution < -0.4 is 0 Å². The third kappa shape index (κ3) is 6.42. The minimum atomic E-state index is -3.03. The largest absolute Gasteiger partial charge is 0.451 e. The molecule has 0 fully saturated rings. The molecule has 0 spiro atoms. The molecular formula is C18H25BrO6Si. The molecule has 8 heteroatoms. The monoisotopic (exact) mass is 444 g/mol. The number of ether oxygens (including phenoxy) is 1. The van der Waals surface area contributed by atoms with Crippen molar-refractivity contribution in [2.45, 2.75) is 48.1 Å². The molecule has 0 heterocycles. The van der Waals surface area contributed by atoms with Gasteiger partial charge in [0.1, 0.15) is 17.2 Å². The first-order valence-corrected chi connectivity index (χ1v) is 12.1. The van der Waals surface area contributed by atoms with E-state index in [2.05, 4.69) is 15.9 Å². The zero-order valence-electron chi connectivity index (χ0n) is 14.6. The van der Waals surface area contributed by atoms with Crippen molar-refractivity contribution >= 4 is 42.5 Å². The molecule has 1 aromatic rings. The maximum Gasteiger partial charge on any atom is 0.338 e. The number of hydrogen-bond donors (Lipinski definition) is 2. The van der Waals surface area contributed by atoms with Crippen LogP contribution in [-0.2, 0) is 14.3 Å². The van der Waals surface area contributed by atoms with E-state index in [1.54, 1.807) is 30.3 Å². The molecule has 1 rings (SSSR count). The molecule has 6 nitrogen and oxygen atoms in total. The van der Waals surface area contributed by atoms with Gasteiger partial charge < -0.3 is 24.5 Å². The van der Waals surface area contributed by atoms with Gasteiger partial charge in [-0.3, -0.25) is 0 Å². The Hall–Kier alpha value is -1.35. The quantitative estimate of drug-likeness (QED) is 0.159. The van der Waals surface area contributed by atoms with Crippen LogP contribution in [-0.4, -0.2) is 53.8 Å². The molecule has 2 unspecified atom stereocenters. The normalized spacial score (nSPS) is 13.7. The van der Waals surface area contributed by atoms with E-state index in [0.29, 0.717) is 37.4 Å². The molecule has 0 amide bonds. The van der Waals surface area contributed by atoms with E-state index < -0.39 is 24.4 Å². The summed E-state index contributed by atoms with van der Waals surface area (Å²) in [6.07, 6.45) is 3.76. The molecule has 0 aliphatic carbocycles. The van der Waals surface area contributed by atoms with Crippen LogP contribution in [0.15, 0.2) is 30.3 Å². The number of rotatable bonds is 13. The van der Waals surface area contributed by atoms with Crippen molar-refractivity contribution in [1.82, 2.24) is 0 Å². The Labute approximate surface area is 162 Å². The van der Waals surface area contributed by atoms with Crippen molar-refractivity contribution in [3.8, 4) is 0 Å². The number of aliphatic hydroxyl groups excluding tert-OH is 2. The summed E-state index contributed by atoms with van der Waals surface area (Å²) in [5, 5.41) is 19.6. The van der Waals surface area contributed by atoms with Gasteiger partial charge in [-0.2, -0.15) is 0 Å². The van der Waals surface area contributed by atoms with E-state index in [9.17, 15) is 19.5 Å². The maximum atomic E-state index is 12.3. The number of aliphatic hydroxyl groups is 2. The summed E-state index contributed by atoms with van der Waals surface area (Å²) >= 11 is 3.33. The summed E-state index contributed by atoms with van der Waals surface area (Å²) in [5.74, 6) is -0.575. The maximum absolute atomic E-state index is 12.3. The number of halogens is 1. The van der Waals surface area contributed by atoms with Gasteiger partial charge in [-0.1, -0.05) is 31.0 Å². The summed E-state index contributed by atoms with van der Waals surface area (Å²) < 4.78 is 4.61. The molecule has 0 saturated carbocycles. The Morgan fingerprint density at radius 3 is 2.27 bits per heavy atom. The van der Waals surface area contributed by atoms with Crippen molar-refractivity contribution in [2.75, 3.05) is 6.61 Å². The van der Waals surface area contributed by atoms with Crippen molar-refractivity contribution in [3.05, 3.63) is 35.9 Å². The Bertz CT molecular complexity index is 558. The van der Waals surface area contributed by atoms with Crippen LogP contribution in [0.2, 0.25) is 12.1 Å². The first kappa shape index (κ1) is 22.7. The molecule has 0 aromatic heterocycles. The lowest BCUT2D eigenvalue weighted by atomic mass is 10.2. The fraction of sp³-hybridized carbons (Fsp3) is 0.500. The Kier molecular flexibility index (Phi) is 10.6. The zero-order chi connectivity index (χ0) is 19.4. The average molecular weight is 445 g/mol. The van der Waals surface area contributed by atoms with Crippen molar-refractivity contribution < 1.29 is 29.3 Å². The highest BCUT2D eigenvalue weighted by molar-refractivity contribution is 9.10. The second-order valence-electron chi connectivity index (χ2n) is 6.15. The third-order valence-electron chi connectivity index (χ3n) is 4.40.